The van der Waals surface area contributed by atoms with Crippen LogP contribution in [0.3, 0.4) is 0 Å². The number of nitrogens with one attached hydrogen (secondary N) is 1. The SMILES string of the molecule is CCCNCc1cc(Br)cc(C)c1OCC(C)(O)CC. The van der Waals surface area contributed by atoms with Crippen molar-refractivity contribution in [2.24, 2.45) is 0 Å². The highest BCUT2D eigenvalue weighted by atomic mass is 79.9. The molecule has 0 aliphatic rings. The summed E-state index contributed by atoms with van der Waals surface area (Å²) in [6.07, 6.45) is 1.78. The van der Waals surface area contributed by atoms with E-state index < -0.39 is 5.60 Å². The Morgan fingerprint density at radius 1 is 1.35 bits per heavy atom. The van der Waals surface area contributed by atoms with E-state index in [4.69, 9.17) is 4.74 Å². The third-order valence-electron chi connectivity index (χ3n) is 3.35. The molecule has 0 spiro atoms. The van der Waals surface area contributed by atoms with Gasteiger partial charge in [-0.2, -0.15) is 0 Å². The van der Waals surface area contributed by atoms with Crippen molar-refractivity contribution in [2.45, 2.75) is 52.7 Å². The van der Waals surface area contributed by atoms with Crippen molar-refractivity contribution < 1.29 is 9.84 Å². The zero-order valence-electron chi connectivity index (χ0n) is 12.9. The molecule has 4 heteroatoms. The van der Waals surface area contributed by atoms with E-state index in [1.54, 1.807) is 6.92 Å². The van der Waals surface area contributed by atoms with Gasteiger partial charge >= 0.3 is 0 Å². The first-order chi connectivity index (χ1) is 9.39. The maximum absolute atomic E-state index is 10.1. The van der Waals surface area contributed by atoms with E-state index in [1.165, 1.54) is 0 Å². The minimum absolute atomic E-state index is 0.312. The molecule has 0 heterocycles. The van der Waals surface area contributed by atoms with Crippen LogP contribution >= 0.6 is 15.9 Å². The molecule has 1 aromatic rings. The highest BCUT2D eigenvalue weighted by Gasteiger charge is 2.20. The zero-order chi connectivity index (χ0) is 15.2. The van der Waals surface area contributed by atoms with E-state index >= 15 is 0 Å². The standard InChI is InChI=1S/C16H26BrNO2/c1-5-7-18-10-13-9-14(17)8-12(3)15(13)20-11-16(4,19)6-2/h8-9,18-19H,5-7,10-11H2,1-4H3. The minimum atomic E-state index is -0.784. The number of aliphatic hydroxyl groups is 1. The number of halogens is 1. The molecule has 0 aliphatic heterocycles. The minimum Gasteiger partial charge on any atom is -0.490 e. The molecule has 1 unspecified atom stereocenters. The van der Waals surface area contributed by atoms with Crippen molar-refractivity contribution in [3.8, 4) is 5.75 Å². The van der Waals surface area contributed by atoms with Gasteiger partial charge in [0.1, 0.15) is 12.4 Å². The maximum atomic E-state index is 10.1. The number of aryl methyl sites for hydroxylation is 1. The lowest BCUT2D eigenvalue weighted by atomic mass is 10.1. The van der Waals surface area contributed by atoms with Crippen molar-refractivity contribution in [1.82, 2.24) is 5.32 Å². The highest BCUT2D eigenvalue weighted by molar-refractivity contribution is 9.10. The summed E-state index contributed by atoms with van der Waals surface area (Å²) in [5.41, 5.74) is 1.42. The van der Waals surface area contributed by atoms with Crippen LogP contribution < -0.4 is 10.1 Å². The molecule has 0 aliphatic carbocycles. The normalized spacial score (nSPS) is 14.1. The molecule has 0 saturated carbocycles. The molecule has 3 nitrogen and oxygen atoms in total. The van der Waals surface area contributed by atoms with Crippen LogP contribution in [0.1, 0.15) is 44.7 Å². The van der Waals surface area contributed by atoms with Gasteiger partial charge in [-0.3, -0.25) is 0 Å². The summed E-state index contributed by atoms with van der Waals surface area (Å²) >= 11 is 3.53. The predicted octanol–water partition coefficient (Wildman–Crippen LogP) is 3.80. The van der Waals surface area contributed by atoms with Gasteiger partial charge in [0, 0.05) is 16.6 Å². The van der Waals surface area contributed by atoms with Crippen LogP contribution in [-0.4, -0.2) is 23.9 Å². The van der Waals surface area contributed by atoms with Gasteiger partial charge in [0.2, 0.25) is 0 Å². The fraction of sp³-hybridized carbons (Fsp3) is 0.625. The fourth-order valence-corrected chi connectivity index (χ4v) is 2.49. The van der Waals surface area contributed by atoms with Crippen LogP contribution in [0.2, 0.25) is 0 Å². The summed E-state index contributed by atoms with van der Waals surface area (Å²) in [4.78, 5) is 0. The Morgan fingerprint density at radius 3 is 2.65 bits per heavy atom. The van der Waals surface area contributed by atoms with E-state index in [2.05, 4.69) is 34.2 Å². The molecule has 2 N–H and O–H groups in total. The van der Waals surface area contributed by atoms with E-state index in [0.29, 0.717) is 13.0 Å². The molecule has 0 fully saturated rings. The Kier molecular flexibility index (Phi) is 7.00. The Bertz CT molecular complexity index is 433. The van der Waals surface area contributed by atoms with Crippen molar-refractivity contribution in [3.63, 3.8) is 0 Å². The lowest BCUT2D eigenvalue weighted by Crippen LogP contribution is -2.31. The number of rotatable bonds is 8. The van der Waals surface area contributed by atoms with E-state index in [-0.39, 0.29) is 0 Å². The second-order valence-electron chi connectivity index (χ2n) is 5.53. The van der Waals surface area contributed by atoms with Crippen LogP contribution in [0.4, 0.5) is 0 Å². The predicted molar refractivity (Wildman–Crippen MR) is 87.3 cm³/mol. The molecular weight excluding hydrogens is 318 g/mol. The molecule has 1 rings (SSSR count). The average Bonchev–Trinajstić information content (AvgIpc) is 2.37. The molecule has 1 atom stereocenters. The average molecular weight is 344 g/mol. The molecule has 0 saturated heterocycles. The molecule has 0 amide bonds. The molecule has 1 aromatic carbocycles. The Labute approximate surface area is 130 Å². The number of ether oxygens (including phenoxy) is 1. The summed E-state index contributed by atoms with van der Waals surface area (Å²) in [6, 6.07) is 4.12. The van der Waals surface area contributed by atoms with Crippen LogP contribution in [0.25, 0.3) is 0 Å². The zero-order valence-corrected chi connectivity index (χ0v) is 14.5. The van der Waals surface area contributed by atoms with Crippen molar-refractivity contribution in [3.05, 3.63) is 27.7 Å². The number of benzene rings is 1. The summed E-state index contributed by atoms with van der Waals surface area (Å²) < 4.78 is 6.95. The van der Waals surface area contributed by atoms with E-state index in [1.807, 2.05) is 19.9 Å². The van der Waals surface area contributed by atoms with E-state index in [0.717, 1.165) is 40.9 Å². The quantitative estimate of drug-likeness (QED) is 0.705. The van der Waals surface area contributed by atoms with Gasteiger partial charge in [-0.1, -0.05) is 29.8 Å². The second kappa shape index (κ2) is 8.01. The van der Waals surface area contributed by atoms with Crippen LogP contribution in [-0.2, 0) is 6.54 Å². The topological polar surface area (TPSA) is 41.5 Å². The number of hydrogen-bond donors (Lipinski definition) is 2. The molecule has 114 valence electrons. The van der Waals surface area contributed by atoms with Gasteiger partial charge in [-0.25, -0.2) is 0 Å². The first-order valence-electron chi connectivity index (χ1n) is 7.24. The van der Waals surface area contributed by atoms with E-state index in [9.17, 15) is 5.11 Å². The molecule has 20 heavy (non-hydrogen) atoms. The van der Waals surface area contributed by atoms with Crippen LogP contribution in [0.5, 0.6) is 5.75 Å². The molecule has 0 radical (unpaired) electrons. The first-order valence-corrected chi connectivity index (χ1v) is 8.04. The Hall–Kier alpha value is -0.580. The van der Waals surface area contributed by atoms with Crippen molar-refractivity contribution in [1.29, 1.82) is 0 Å². The lowest BCUT2D eigenvalue weighted by Gasteiger charge is -2.23. The Morgan fingerprint density at radius 2 is 2.05 bits per heavy atom. The highest BCUT2D eigenvalue weighted by Crippen LogP contribution is 2.29. The summed E-state index contributed by atoms with van der Waals surface area (Å²) in [5.74, 6) is 0.880. The van der Waals surface area contributed by atoms with Gasteiger partial charge in [0.15, 0.2) is 0 Å². The van der Waals surface area contributed by atoms with Crippen LogP contribution in [0, 0.1) is 6.92 Å². The monoisotopic (exact) mass is 343 g/mol. The van der Waals surface area contributed by atoms with Gasteiger partial charge in [0.05, 0.1) is 5.60 Å². The molecule has 0 bridgehead atoms. The second-order valence-corrected chi connectivity index (χ2v) is 6.44. The molecular formula is C16H26BrNO2. The fourth-order valence-electron chi connectivity index (χ4n) is 1.87. The summed E-state index contributed by atoms with van der Waals surface area (Å²) in [6.45, 7) is 10.0. The smallest absolute Gasteiger partial charge is 0.126 e. The third-order valence-corrected chi connectivity index (χ3v) is 3.81. The molecule has 0 aromatic heterocycles. The first kappa shape index (κ1) is 17.5. The van der Waals surface area contributed by atoms with Crippen molar-refractivity contribution >= 4 is 15.9 Å². The largest absolute Gasteiger partial charge is 0.490 e. The summed E-state index contributed by atoms with van der Waals surface area (Å²) in [5, 5.41) is 13.5. The lowest BCUT2D eigenvalue weighted by molar-refractivity contribution is 0.00796. The van der Waals surface area contributed by atoms with Gasteiger partial charge < -0.3 is 15.2 Å². The summed E-state index contributed by atoms with van der Waals surface area (Å²) in [7, 11) is 0. The van der Waals surface area contributed by atoms with Gasteiger partial charge in [0.25, 0.3) is 0 Å². The van der Waals surface area contributed by atoms with Crippen molar-refractivity contribution in [2.75, 3.05) is 13.2 Å². The maximum Gasteiger partial charge on any atom is 0.126 e. The van der Waals surface area contributed by atoms with Gasteiger partial charge in [-0.15, -0.1) is 0 Å². The Balaban J connectivity index is 2.86. The van der Waals surface area contributed by atoms with Crippen LogP contribution in [0.15, 0.2) is 16.6 Å². The number of hydrogen-bond acceptors (Lipinski definition) is 3. The van der Waals surface area contributed by atoms with Gasteiger partial charge in [-0.05, 0) is 50.9 Å². The third kappa shape index (κ3) is 5.43.